The van der Waals surface area contributed by atoms with Gasteiger partial charge in [0.15, 0.2) is 0 Å². The number of carbonyl (C=O) groups excluding carboxylic acids is 1. The van der Waals surface area contributed by atoms with Gasteiger partial charge >= 0.3 is 6.09 Å². The third kappa shape index (κ3) is 3.95. The molecule has 3 rings (SSSR count). The molecule has 1 fully saturated rings. The van der Waals surface area contributed by atoms with Gasteiger partial charge in [0.2, 0.25) is 0 Å². The predicted molar refractivity (Wildman–Crippen MR) is 96.6 cm³/mol. The lowest BCUT2D eigenvalue weighted by atomic mass is 10.0. The molecule has 0 saturated carbocycles. The average Bonchev–Trinajstić information content (AvgIpc) is 3.00. The van der Waals surface area contributed by atoms with Gasteiger partial charge in [-0.25, -0.2) is 14.8 Å². The third-order valence-electron chi connectivity index (χ3n) is 4.02. The first kappa shape index (κ1) is 17.0. The second-order valence-corrected chi connectivity index (χ2v) is 7.96. The summed E-state index contributed by atoms with van der Waals surface area (Å²) >= 11 is 1.62. The summed E-state index contributed by atoms with van der Waals surface area (Å²) in [6, 6.07) is 2.30. The van der Waals surface area contributed by atoms with Crippen LogP contribution in [0.4, 0.5) is 10.6 Å². The summed E-state index contributed by atoms with van der Waals surface area (Å²) < 4.78 is 5.34. The van der Waals surface area contributed by atoms with Crippen molar-refractivity contribution in [3.63, 3.8) is 0 Å². The Morgan fingerprint density at radius 1 is 1.42 bits per heavy atom. The fourth-order valence-electron chi connectivity index (χ4n) is 3.01. The topological polar surface area (TPSA) is 67.3 Å². The van der Waals surface area contributed by atoms with Crippen LogP contribution in [0.3, 0.4) is 0 Å². The zero-order valence-electron chi connectivity index (χ0n) is 14.4. The molecule has 0 radical (unpaired) electrons. The van der Waals surface area contributed by atoms with Crippen molar-refractivity contribution >= 4 is 33.5 Å². The van der Waals surface area contributed by atoms with Crippen LogP contribution in [0.15, 0.2) is 17.8 Å². The second kappa shape index (κ2) is 6.93. The number of alkyl carbamates (subject to hydrolysis) is 1. The predicted octanol–water partition coefficient (Wildman–Crippen LogP) is 3.57. The van der Waals surface area contributed by atoms with Crippen LogP contribution in [-0.2, 0) is 4.74 Å². The second-order valence-electron chi connectivity index (χ2n) is 7.06. The summed E-state index contributed by atoms with van der Waals surface area (Å²) in [7, 11) is 0. The maximum absolute atomic E-state index is 11.9. The van der Waals surface area contributed by atoms with E-state index in [4.69, 9.17) is 4.74 Å². The van der Waals surface area contributed by atoms with Crippen LogP contribution in [0, 0.1) is 0 Å². The summed E-state index contributed by atoms with van der Waals surface area (Å²) in [5, 5.41) is 6.04. The number of nitrogens with zero attached hydrogens (tertiary/aromatic N) is 3. The number of amides is 1. The Kier molecular flexibility index (Phi) is 4.89. The summed E-state index contributed by atoms with van der Waals surface area (Å²) in [5.41, 5.74) is -0.480. The van der Waals surface area contributed by atoms with Gasteiger partial charge in [0.1, 0.15) is 22.6 Å². The molecule has 1 N–H and O–H groups in total. The number of hydrogen-bond donors (Lipinski definition) is 1. The first-order valence-electron chi connectivity index (χ1n) is 8.36. The van der Waals surface area contributed by atoms with Crippen molar-refractivity contribution in [2.45, 2.75) is 51.7 Å². The molecule has 1 amide bonds. The highest BCUT2D eigenvalue weighted by Gasteiger charge is 2.26. The van der Waals surface area contributed by atoms with Gasteiger partial charge in [0.25, 0.3) is 0 Å². The molecular weight excluding hydrogens is 324 g/mol. The summed E-state index contributed by atoms with van der Waals surface area (Å²) in [5.74, 6) is 0.969. The number of ether oxygens (including phenoxy) is 1. The Labute approximate surface area is 146 Å². The Balaban J connectivity index is 1.72. The van der Waals surface area contributed by atoms with Gasteiger partial charge in [-0.3, -0.25) is 0 Å². The van der Waals surface area contributed by atoms with Gasteiger partial charge in [0.05, 0.1) is 5.39 Å². The lowest BCUT2D eigenvalue weighted by Crippen LogP contribution is -2.48. The molecule has 3 heterocycles. The number of thiophene rings is 1. The highest BCUT2D eigenvalue weighted by molar-refractivity contribution is 7.16. The number of piperidine rings is 1. The summed E-state index contributed by atoms with van der Waals surface area (Å²) in [4.78, 5) is 24.1. The molecular formula is C17H24N4O2S. The van der Waals surface area contributed by atoms with Crippen LogP contribution in [0.5, 0.6) is 0 Å². The Morgan fingerprint density at radius 3 is 3.04 bits per heavy atom. The smallest absolute Gasteiger partial charge is 0.407 e. The molecule has 1 aliphatic heterocycles. The van der Waals surface area contributed by atoms with E-state index in [-0.39, 0.29) is 12.1 Å². The highest BCUT2D eigenvalue weighted by atomic mass is 32.1. The number of nitrogens with one attached hydrogen (secondary N) is 1. The maximum atomic E-state index is 11.9. The lowest BCUT2D eigenvalue weighted by molar-refractivity contribution is 0.0523. The van der Waals surface area contributed by atoms with Crippen molar-refractivity contribution in [1.29, 1.82) is 0 Å². The van der Waals surface area contributed by atoms with E-state index in [0.717, 1.165) is 41.8 Å². The Bertz CT molecular complexity index is 710. The molecule has 1 aliphatic rings. The molecule has 0 spiro atoms. The van der Waals surface area contributed by atoms with Crippen LogP contribution in [0.1, 0.15) is 40.0 Å². The van der Waals surface area contributed by atoms with Gasteiger partial charge < -0.3 is 15.0 Å². The lowest BCUT2D eigenvalue weighted by Gasteiger charge is -2.37. The normalized spacial score (nSPS) is 18.6. The minimum Gasteiger partial charge on any atom is -0.444 e. The van der Waals surface area contributed by atoms with Gasteiger partial charge in [-0.1, -0.05) is 0 Å². The van der Waals surface area contributed by atoms with E-state index in [1.54, 1.807) is 17.7 Å². The standard InChI is InChI=1S/C17H24N4O2S/c1-17(2,3)23-16(22)18-10-12-6-4-5-8-21(12)14-13-7-9-24-15(13)20-11-19-14/h7,9,11-12H,4-6,8,10H2,1-3H3,(H,18,22). The van der Waals surface area contributed by atoms with Crippen molar-refractivity contribution in [2.24, 2.45) is 0 Å². The molecule has 1 unspecified atom stereocenters. The molecule has 2 aromatic heterocycles. The van der Waals surface area contributed by atoms with Crippen molar-refractivity contribution in [1.82, 2.24) is 15.3 Å². The zero-order valence-corrected chi connectivity index (χ0v) is 15.2. The quantitative estimate of drug-likeness (QED) is 0.918. The maximum Gasteiger partial charge on any atom is 0.407 e. The van der Waals surface area contributed by atoms with Crippen molar-refractivity contribution in [3.8, 4) is 0 Å². The monoisotopic (exact) mass is 348 g/mol. The zero-order chi connectivity index (χ0) is 17.2. The number of aromatic nitrogens is 2. The van der Waals surface area contributed by atoms with Gasteiger partial charge in [-0.2, -0.15) is 0 Å². The molecule has 0 bridgehead atoms. The molecule has 1 saturated heterocycles. The van der Waals surface area contributed by atoms with E-state index in [2.05, 4.69) is 26.3 Å². The minimum atomic E-state index is -0.480. The first-order valence-corrected chi connectivity index (χ1v) is 9.24. The van der Waals surface area contributed by atoms with E-state index in [1.807, 2.05) is 26.2 Å². The van der Waals surface area contributed by atoms with Gasteiger partial charge in [-0.05, 0) is 51.5 Å². The van der Waals surface area contributed by atoms with Crippen molar-refractivity contribution in [2.75, 3.05) is 18.0 Å². The Morgan fingerprint density at radius 2 is 2.25 bits per heavy atom. The number of carbonyl (C=O) groups is 1. The molecule has 130 valence electrons. The molecule has 7 heteroatoms. The fourth-order valence-corrected chi connectivity index (χ4v) is 3.74. The molecule has 1 atom stereocenters. The number of rotatable bonds is 3. The van der Waals surface area contributed by atoms with E-state index in [9.17, 15) is 4.79 Å². The van der Waals surface area contributed by atoms with Crippen LogP contribution in [-0.4, -0.2) is 40.8 Å². The van der Waals surface area contributed by atoms with E-state index < -0.39 is 5.60 Å². The fraction of sp³-hybridized carbons (Fsp3) is 0.588. The van der Waals surface area contributed by atoms with Crippen LogP contribution in [0.25, 0.3) is 10.2 Å². The molecule has 0 aromatic carbocycles. The third-order valence-corrected chi connectivity index (χ3v) is 4.84. The van der Waals surface area contributed by atoms with Crippen LogP contribution in [0.2, 0.25) is 0 Å². The first-order chi connectivity index (χ1) is 11.4. The highest BCUT2D eigenvalue weighted by Crippen LogP contribution is 2.30. The molecule has 2 aromatic rings. The van der Waals surface area contributed by atoms with Gasteiger partial charge in [0, 0.05) is 19.1 Å². The number of hydrogen-bond acceptors (Lipinski definition) is 6. The average molecular weight is 348 g/mol. The van der Waals surface area contributed by atoms with E-state index in [1.165, 1.54) is 0 Å². The summed E-state index contributed by atoms with van der Waals surface area (Å²) in [6.45, 7) is 7.11. The van der Waals surface area contributed by atoms with Gasteiger partial charge in [-0.15, -0.1) is 11.3 Å². The van der Waals surface area contributed by atoms with Crippen LogP contribution < -0.4 is 10.2 Å². The van der Waals surface area contributed by atoms with Crippen molar-refractivity contribution in [3.05, 3.63) is 17.8 Å². The largest absolute Gasteiger partial charge is 0.444 e. The van der Waals surface area contributed by atoms with Crippen LogP contribution >= 0.6 is 11.3 Å². The van der Waals surface area contributed by atoms with E-state index >= 15 is 0 Å². The minimum absolute atomic E-state index is 0.226. The summed E-state index contributed by atoms with van der Waals surface area (Å²) in [6.07, 6.45) is 4.59. The Hall–Kier alpha value is -1.89. The van der Waals surface area contributed by atoms with Crippen molar-refractivity contribution < 1.29 is 9.53 Å². The molecule has 24 heavy (non-hydrogen) atoms. The van der Waals surface area contributed by atoms with E-state index in [0.29, 0.717) is 6.54 Å². The number of anilines is 1. The number of fused-ring (bicyclic) bond motifs is 1. The molecule has 0 aliphatic carbocycles. The molecule has 6 nitrogen and oxygen atoms in total. The SMILES string of the molecule is CC(C)(C)OC(=O)NCC1CCCCN1c1ncnc2sccc12.